The smallest absolute Gasteiger partial charge is 0.242 e. The van der Waals surface area contributed by atoms with E-state index in [1.807, 2.05) is 15.4 Å². The third-order valence-corrected chi connectivity index (χ3v) is 8.18. The van der Waals surface area contributed by atoms with Crippen molar-refractivity contribution in [2.45, 2.75) is 55.0 Å². The van der Waals surface area contributed by atoms with E-state index in [1.54, 1.807) is 0 Å². The third-order valence-electron chi connectivity index (χ3n) is 6.67. The largest absolute Gasteiger partial charge is 0.335 e. The standard InChI is InChI=1S/C24H23F3N4O2S/c25-10-15(11-26)30-34(32,33)17-6-7-22(29-13-17)24-20(12-28)19-8-21(27)18(14-4-5-14)9-23(19)31(24)16-2-1-3-16/h6-9,13-16,30H,1-5,10-11H2. The SMILES string of the molecule is N#Cc1c(-c2ccc(S(=O)(=O)NC(CF)CF)cn2)n(C2CCC2)c2cc(C3CC3)c(F)cc12. The predicted octanol–water partition coefficient (Wildman–Crippen LogP) is 4.90. The lowest BCUT2D eigenvalue weighted by Crippen LogP contribution is -2.37. The summed E-state index contributed by atoms with van der Waals surface area (Å²) >= 11 is 0. The van der Waals surface area contributed by atoms with Crippen LogP contribution >= 0.6 is 0 Å². The number of halogens is 3. The Bertz CT molecular complexity index is 1380. The van der Waals surface area contributed by atoms with Crippen LogP contribution in [0.25, 0.3) is 22.3 Å². The number of alkyl halides is 2. The molecule has 0 unspecified atom stereocenters. The molecule has 2 aliphatic carbocycles. The topological polar surface area (TPSA) is 87.8 Å². The summed E-state index contributed by atoms with van der Waals surface area (Å²) in [4.78, 5) is 4.06. The highest BCUT2D eigenvalue weighted by Gasteiger charge is 2.32. The number of hydrogen-bond donors (Lipinski definition) is 1. The number of benzene rings is 1. The maximum Gasteiger partial charge on any atom is 0.242 e. The Labute approximate surface area is 195 Å². The molecule has 2 aromatic heterocycles. The fourth-order valence-corrected chi connectivity index (χ4v) is 5.65. The van der Waals surface area contributed by atoms with Crippen LogP contribution in [0.1, 0.15) is 55.2 Å². The summed E-state index contributed by atoms with van der Waals surface area (Å²) in [6.07, 6.45) is 5.88. The van der Waals surface area contributed by atoms with Gasteiger partial charge in [0, 0.05) is 17.6 Å². The minimum atomic E-state index is -4.17. The Morgan fingerprint density at radius 3 is 2.44 bits per heavy atom. The van der Waals surface area contributed by atoms with Crippen molar-refractivity contribution in [3.8, 4) is 17.5 Å². The Morgan fingerprint density at radius 2 is 1.91 bits per heavy atom. The van der Waals surface area contributed by atoms with E-state index in [0.29, 0.717) is 27.9 Å². The van der Waals surface area contributed by atoms with Gasteiger partial charge in [0.2, 0.25) is 10.0 Å². The molecule has 1 aromatic carbocycles. The molecule has 0 aliphatic heterocycles. The maximum atomic E-state index is 14.9. The lowest BCUT2D eigenvalue weighted by molar-refractivity contribution is 0.324. The van der Waals surface area contributed by atoms with Crippen molar-refractivity contribution in [3.05, 3.63) is 47.4 Å². The van der Waals surface area contributed by atoms with Crippen LogP contribution in [0, 0.1) is 17.1 Å². The normalized spacial score (nSPS) is 16.7. The molecule has 0 saturated heterocycles. The average molecular weight is 489 g/mol. The van der Waals surface area contributed by atoms with Gasteiger partial charge >= 0.3 is 0 Å². The number of sulfonamides is 1. The molecule has 6 nitrogen and oxygen atoms in total. The number of hydrogen-bond acceptors (Lipinski definition) is 4. The van der Waals surface area contributed by atoms with Gasteiger partial charge in [0.05, 0.1) is 28.5 Å². The second kappa shape index (κ2) is 8.71. The predicted molar refractivity (Wildman–Crippen MR) is 121 cm³/mol. The maximum absolute atomic E-state index is 14.9. The molecule has 0 amide bonds. The van der Waals surface area contributed by atoms with Crippen LogP contribution in [-0.4, -0.2) is 37.4 Å². The number of nitrogens with one attached hydrogen (secondary N) is 1. The summed E-state index contributed by atoms with van der Waals surface area (Å²) in [5.41, 5.74) is 2.64. The number of pyridine rings is 1. The zero-order valence-electron chi connectivity index (χ0n) is 18.3. The summed E-state index contributed by atoms with van der Waals surface area (Å²) in [7, 11) is -4.17. The van der Waals surface area contributed by atoms with Gasteiger partial charge in [0.15, 0.2) is 0 Å². The molecule has 34 heavy (non-hydrogen) atoms. The first kappa shape index (κ1) is 22.9. The van der Waals surface area contributed by atoms with Gasteiger partial charge in [-0.05, 0) is 67.9 Å². The Kier molecular flexibility index (Phi) is 5.86. The quantitative estimate of drug-likeness (QED) is 0.488. The van der Waals surface area contributed by atoms with E-state index in [0.717, 1.165) is 43.8 Å². The Balaban J connectivity index is 1.63. The molecule has 0 spiro atoms. The number of aromatic nitrogens is 2. The molecule has 10 heteroatoms. The molecular formula is C24H23F3N4O2S. The van der Waals surface area contributed by atoms with Crippen LogP contribution in [0.15, 0.2) is 35.4 Å². The van der Waals surface area contributed by atoms with Crippen LogP contribution < -0.4 is 4.72 Å². The van der Waals surface area contributed by atoms with Crippen molar-refractivity contribution in [2.24, 2.45) is 0 Å². The van der Waals surface area contributed by atoms with Crippen molar-refractivity contribution in [1.82, 2.24) is 14.3 Å². The van der Waals surface area contributed by atoms with E-state index in [9.17, 15) is 26.9 Å². The molecule has 0 bridgehead atoms. The van der Waals surface area contributed by atoms with E-state index in [-0.39, 0.29) is 22.7 Å². The van der Waals surface area contributed by atoms with E-state index < -0.39 is 29.4 Å². The summed E-state index contributed by atoms with van der Waals surface area (Å²) in [5, 5.41) is 10.5. The highest BCUT2D eigenvalue weighted by atomic mass is 32.2. The van der Waals surface area contributed by atoms with Gasteiger partial charge in [-0.1, -0.05) is 0 Å². The van der Waals surface area contributed by atoms with Crippen molar-refractivity contribution in [1.29, 1.82) is 5.26 Å². The van der Waals surface area contributed by atoms with Gasteiger partial charge in [0.25, 0.3) is 0 Å². The number of nitrogens with zero attached hydrogens (tertiary/aromatic N) is 3. The zero-order chi connectivity index (χ0) is 24.0. The summed E-state index contributed by atoms with van der Waals surface area (Å²) in [6.45, 7) is -2.35. The van der Waals surface area contributed by atoms with Gasteiger partial charge in [-0.3, -0.25) is 4.98 Å². The molecule has 0 radical (unpaired) electrons. The molecule has 2 aliphatic rings. The summed E-state index contributed by atoms with van der Waals surface area (Å²) in [6, 6.07) is 6.90. The molecule has 2 saturated carbocycles. The Morgan fingerprint density at radius 1 is 1.18 bits per heavy atom. The first-order chi connectivity index (χ1) is 16.4. The van der Waals surface area contributed by atoms with Crippen molar-refractivity contribution >= 4 is 20.9 Å². The molecule has 2 fully saturated rings. The minimum absolute atomic E-state index is 0.138. The highest BCUT2D eigenvalue weighted by Crippen LogP contribution is 2.46. The number of fused-ring (bicyclic) bond motifs is 1. The summed E-state index contributed by atoms with van der Waals surface area (Å²) in [5.74, 6) is -0.115. The molecular weight excluding hydrogens is 465 g/mol. The van der Waals surface area contributed by atoms with Crippen LogP contribution in [-0.2, 0) is 10.0 Å². The molecule has 2 heterocycles. The van der Waals surface area contributed by atoms with Crippen molar-refractivity contribution in [3.63, 3.8) is 0 Å². The van der Waals surface area contributed by atoms with E-state index in [2.05, 4.69) is 11.1 Å². The Hall–Kier alpha value is -2.90. The van der Waals surface area contributed by atoms with Crippen LogP contribution in [0.3, 0.4) is 0 Å². The highest BCUT2D eigenvalue weighted by molar-refractivity contribution is 7.89. The lowest BCUT2D eigenvalue weighted by Gasteiger charge is -2.30. The molecule has 1 N–H and O–H groups in total. The van der Waals surface area contributed by atoms with Crippen molar-refractivity contribution in [2.75, 3.05) is 13.3 Å². The van der Waals surface area contributed by atoms with Gasteiger partial charge < -0.3 is 4.57 Å². The van der Waals surface area contributed by atoms with Crippen LogP contribution in [0.2, 0.25) is 0 Å². The minimum Gasteiger partial charge on any atom is -0.335 e. The molecule has 178 valence electrons. The zero-order valence-corrected chi connectivity index (χ0v) is 19.1. The number of rotatable bonds is 8. The molecule has 3 aromatic rings. The monoisotopic (exact) mass is 488 g/mol. The second-order valence-corrected chi connectivity index (χ2v) is 10.7. The first-order valence-corrected chi connectivity index (χ1v) is 12.7. The average Bonchev–Trinajstić information content (AvgIpc) is 3.59. The van der Waals surface area contributed by atoms with Gasteiger partial charge in [-0.15, -0.1) is 0 Å². The lowest BCUT2D eigenvalue weighted by atomic mass is 9.92. The fourth-order valence-electron chi connectivity index (χ4n) is 4.51. The van der Waals surface area contributed by atoms with Crippen LogP contribution in [0.5, 0.6) is 0 Å². The number of nitriles is 1. The third kappa shape index (κ3) is 3.87. The molecule has 5 rings (SSSR count). The van der Waals surface area contributed by atoms with Gasteiger partial charge in [0.1, 0.15) is 30.1 Å². The second-order valence-electron chi connectivity index (χ2n) is 8.96. The first-order valence-electron chi connectivity index (χ1n) is 11.3. The van der Waals surface area contributed by atoms with E-state index in [4.69, 9.17) is 0 Å². The van der Waals surface area contributed by atoms with Crippen molar-refractivity contribution < 1.29 is 21.6 Å². The molecule has 0 atom stereocenters. The van der Waals surface area contributed by atoms with Crippen LogP contribution in [0.4, 0.5) is 13.2 Å². The van der Waals surface area contributed by atoms with E-state index >= 15 is 0 Å². The van der Waals surface area contributed by atoms with Gasteiger partial charge in [-0.2, -0.15) is 5.26 Å². The fraction of sp³-hybridized carbons (Fsp3) is 0.417. The van der Waals surface area contributed by atoms with Gasteiger partial charge in [-0.25, -0.2) is 26.3 Å². The van der Waals surface area contributed by atoms with E-state index in [1.165, 1.54) is 18.2 Å². The summed E-state index contributed by atoms with van der Waals surface area (Å²) < 4.78 is 69.4.